The second-order valence-corrected chi connectivity index (χ2v) is 5.76. The summed E-state index contributed by atoms with van der Waals surface area (Å²) < 4.78 is 0. The third-order valence-electron chi connectivity index (χ3n) is 2.44. The molecule has 0 heterocycles. The summed E-state index contributed by atoms with van der Waals surface area (Å²) in [5, 5.41) is 5.40. The molecule has 0 aromatic rings. The molecule has 0 aliphatic rings. The Morgan fingerprint density at radius 2 is 1.39 bits per heavy atom. The number of rotatable bonds is 7. The summed E-state index contributed by atoms with van der Waals surface area (Å²) in [6.45, 7) is 15.7. The number of nitrogens with one attached hydrogen (secondary N) is 2. The number of amidine groups is 1. The molecule has 0 aliphatic heterocycles. The summed E-state index contributed by atoms with van der Waals surface area (Å²) >= 11 is 0. The highest BCUT2D eigenvalue weighted by Crippen LogP contribution is 2.00. The molecule has 0 atom stereocenters. The minimum absolute atomic E-state index is 0.0709. The van der Waals surface area contributed by atoms with E-state index in [1.807, 2.05) is 41.5 Å². The molecule has 0 spiro atoms. The van der Waals surface area contributed by atoms with Gasteiger partial charge in [0.1, 0.15) is 5.84 Å². The van der Waals surface area contributed by atoms with Gasteiger partial charge in [-0.1, -0.05) is 48.1 Å². The van der Waals surface area contributed by atoms with Gasteiger partial charge in [-0.2, -0.15) is 0 Å². The van der Waals surface area contributed by atoms with Crippen molar-refractivity contribution in [3.63, 3.8) is 0 Å². The average Bonchev–Trinajstić information content (AvgIpc) is 2.43. The molecule has 0 radical (unpaired) electrons. The summed E-state index contributed by atoms with van der Waals surface area (Å²) in [5.41, 5.74) is 0.472. The highest BCUT2D eigenvalue weighted by molar-refractivity contribution is 6.04. The Morgan fingerprint density at radius 1 is 0.957 bits per heavy atom. The van der Waals surface area contributed by atoms with Gasteiger partial charge >= 0.3 is 0 Å². The number of carbonyl (C=O) groups excluding carboxylic acids is 2. The number of hydrogen-bond donors (Lipinski definition) is 2. The zero-order chi connectivity index (χ0) is 18.4. The van der Waals surface area contributed by atoms with Gasteiger partial charge in [0.2, 0.25) is 11.8 Å². The summed E-state index contributed by atoms with van der Waals surface area (Å²) in [7, 11) is 1.59. The number of aliphatic imine (C=N–C) groups is 1. The van der Waals surface area contributed by atoms with Crippen molar-refractivity contribution in [3.05, 3.63) is 24.4 Å². The lowest BCUT2D eigenvalue weighted by molar-refractivity contribution is -0.121. The molecule has 0 saturated carbocycles. The second-order valence-electron chi connectivity index (χ2n) is 5.76. The lowest BCUT2D eigenvalue weighted by Gasteiger charge is -2.08. The van der Waals surface area contributed by atoms with Gasteiger partial charge < -0.3 is 10.6 Å². The molecule has 2 amide bonds. The van der Waals surface area contributed by atoms with Gasteiger partial charge in [-0.25, -0.2) is 0 Å². The number of nitrogens with zero attached hydrogens (tertiary/aromatic N) is 1. The first kappa shape index (κ1) is 23.4. The molecule has 5 nitrogen and oxygen atoms in total. The summed E-state index contributed by atoms with van der Waals surface area (Å²) in [5.74, 6) is 0.880. The molecule has 132 valence electrons. The van der Waals surface area contributed by atoms with E-state index in [0.717, 1.165) is 0 Å². The smallest absolute Gasteiger partial charge is 0.225 e. The fraction of sp³-hybridized carbons (Fsp3) is 0.611. The van der Waals surface area contributed by atoms with Crippen LogP contribution in [0.5, 0.6) is 0 Å². The number of hydrogen-bond acceptors (Lipinski definition) is 3. The van der Waals surface area contributed by atoms with Crippen LogP contribution in [0.3, 0.4) is 0 Å². The van der Waals surface area contributed by atoms with Gasteiger partial charge in [-0.05, 0) is 24.0 Å². The zero-order valence-electron chi connectivity index (χ0n) is 15.7. The largest absolute Gasteiger partial charge is 0.327 e. The number of carbonyl (C=O) groups is 2. The van der Waals surface area contributed by atoms with Crippen LogP contribution in [-0.2, 0) is 9.59 Å². The van der Waals surface area contributed by atoms with Gasteiger partial charge in [0, 0.05) is 25.6 Å². The lowest BCUT2D eigenvalue weighted by atomic mass is 10.1. The van der Waals surface area contributed by atoms with Crippen molar-refractivity contribution in [3.8, 4) is 0 Å². The van der Waals surface area contributed by atoms with Gasteiger partial charge in [0.05, 0.1) is 0 Å². The summed E-state index contributed by atoms with van der Waals surface area (Å²) in [4.78, 5) is 27.2. The molecule has 0 fully saturated rings. The van der Waals surface area contributed by atoms with Crippen molar-refractivity contribution in [2.45, 2.75) is 54.4 Å². The molecule has 2 N–H and O–H groups in total. The molecule has 0 aliphatic carbocycles. The Balaban J connectivity index is 0. The SMILES string of the molecule is C=C(/C=C\C(=NC)NC(=O)CC(C)C)NC(=O)CC(C)C.CC. The predicted octanol–water partition coefficient (Wildman–Crippen LogP) is 3.44. The van der Waals surface area contributed by atoms with Gasteiger partial charge in [-0.15, -0.1) is 0 Å². The van der Waals surface area contributed by atoms with Crippen LogP contribution in [0.2, 0.25) is 0 Å². The molecule has 0 rings (SSSR count). The highest BCUT2D eigenvalue weighted by Gasteiger charge is 2.07. The van der Waals surface area contributed by atoms with E-state index < -0.39 is 0 Å². The van der Waals surface area contributed by atoms with E-state index in [1.54, 1.807) is 19.2 Å². The van der Waals surface area contributed by atoms with Crippen molar-refractivity contribution in [2.75, 3.05) is 7.05 Å². The van der Waals surface area contributed by atoms with Gasteiger partial charge in [0.25, 0.3) is 0 Å². The van der Waals surface area contributed by atoms with Crippen molar-refractivity contribution >= 4 is 17.6 Å². The third kappa shape index (κ3) is 14.8. The molecular formula is C18H33N3O2. The Kier molecular flexibility index (Phi) is 13.9. The van der Waals surface area contributed by atoms with Crippen molar-refractivity contribution in [1.29, 1.82) is 0 Å². The normalized spacial score (nSPS) is 11.3. The van der Waals surface area contributed by atoms with Crippen LogP contribution in [-0.4, -0.2) is 24.7 Å². The first-order valence-corrected chi connectivity index (χ1v) is 8.18. The Morgan fingerprint density at radius 3 is 1.78 bits per heavy atom. The first-order valence-electron chi connectivity index (χ1n) is 8.18. The van der Waals surface area contributed by atoms with Crippen LogP contribution >= 0.6 is 0 Å². The van der Waals surface area contributed by atoms with Crippen molar-refractivity contribution in [1.82, 2.24) is 10.6 Å². The number of allylic oxidation sites excluding steroid dienone is 1. The Hall–Kier alpha value is -1.91. The quantitative estimate of drug-likeness (QED) is 0.428. The monoisotopic (exact) mass is 323 g/mol. The maximum atomic E-state index is 11.6. The van der Waals surface area contributed by atoms with E-state index in [2.05, 4.69) is 22.2 Å². The zero-order valence-corrected chi connectivity index (χ0v) is 15.7. The predicted molar refractivity (Wildman–Crippen MR) is 98.2 cm³/mol. The second kappa shape index (κ2) is 13.7. The Bertz CT molecular complexity index is 436. The standard InChI is InChI=1S/C16H27N3O2.C2H6/c1-11(2)9-15(20)18-13(5)7-8-14(17-6)19-16(21)10-12(3)4;1-2/h7-8,11-12H,5,9-10H2,1-4,6H3,(H,18,20)(H,17,19,21);1-2H3/b8-7-;. The highest BCUT2D eigenvalue weighted by atomic mass is 16.2. The Labute approximate surface area is 141 Å². The molecule has 0 aromatic carbocycles. The van der Waals surface area contributed by atoms with Crippen LogP contribution in [0.15, 0.2) is 29.4 Å². The summed E-state index contributed by atoms with van der Waals surface area (Å²) in [6, 6.07) is 0. The van der Waals surface area contributed by atoms with Crippen LogP contribution < -0.4 is 10.6 Å². The third-order valence-corrected chi connectivity index (χ3v) is 2.44. The van der Waals surface area contributed by atoms with Crippen LogP contribution in [0.25, 0.3) is 0 Å². The molecular weight excluding hydrogens is 290 g/mol. The van der Waals surface area contributed by atoms with E-state index in [4.69, 9.17) is 0 Å². The fourth-order valence-electron chi connectivity index (χ4n) is 1.56. The van der Waals surface area contributed by atoms with Crippen LogP contribution in [0, 0.1) is 11.8 Å². The molecule has 0 bridgehead atoms. The molecule has 23 heavy (non-hydrogen) atoms. The van der Waals surface area contributed by atoms with E-state index in [9.17, 15) is 9.59 Å². The molecule has 0 saturated heterocycles. The van der Waals surface area contributed by atoms with Crippen LogP contribution in [0.4, 0.5) is 0 Å². The number of amides is 2. The van der Waals surface area contributed by atoms with Crippen molar-refractivity contribution < 1.29 is 9.59 Å². The van der Waals surface area contributed by atoms with Gasteiger partial charge in [0.15, 0.2) is 0 Å². The lowest BCUT2D eigenvalue weighted by Crippen LogP contribution is -2.30. The summed E-state index contributed by atoms with van der Waals surface area (Å²) in [6.07, 6.45) is 4.14. The maximum absolute atomic E-state index is 11.6. The minimum Gasteiger partial charge on any atom is -0.327 e. The molecule has 5 heteroatoms. The molecule has 0 unspecified atom stereocenters. The van der Waals surface area contributed by atoms with Crippen LogP contribution in [0.1, 0.15) is 54.4 Å². The van der Waals surface area contributed by atoms with E-state index >= 15 is 0 Å². The first-order chi connectivity index (χ1) is 10.7. The molecule has 0 aromatic heterocycles. The minimum atomic E-state index is -0.0790. The topological polar surface area (TPSA) is 70.6 Å². The maximum Gasteiger partial charge on any atom is 0.225 e. The van der Waals surface area contributed by atoms with Crippen molar-refractivity contribution in [2.24, 2.45) is 16.8 Å². The average molecular weight is 323 g/mol. The van der Waals surface area contributed by atoms with E-state index in [1.165, 1.54) is 0 Å². The van der Waals surface area contributed by atoms with E-state index in [0.29, 0.717) is 30.3 Å². The van der Waals surface area contributed by atoms with Gasteiger partial charge in [-0.3, -0.25) is 14.6 Å². The van der Waals surface area contributed by atoms with E-state index in [-0.39, 0.29) is 17.7 Å². The fourth-order valence-corrected chi connectivity index (χ4v) is 1.56.